The van der Waals surface area contributed by atoms with Gasteiger partial charge in [-0.1, -0.05) is 50.6 Å². The summed E-state index contributed by atoms with van der Waals surface area (Å²) in [7, 11) is 0. The Hall–Kier alpha value is -2.95. The highest BCUT2D eigenvalue weighted by Gasteiger charge is 2.34. The van der Waals surface area contributed by atoms with E-state index in [-0.39, 0.29) is 12.6 Å². The molecule has 5 heteroatoms. The van der Waals surface area contributed by atoms with Gasteiger partial charge in [0, 0.05) is 18.2 Å². The Kier molecular flexibility index (Phi) is 6.24. The maximum atomic E-state index is 13.1. The van der Waals surface area contributed by atoms with Crippen LogP contribution in [0.5, 0.6) is 0 Å². The maximum absolute atomic E-state index is 13.1. The normalized spacial score (nSPS) is 15.6. The van der Waals surface area contributed by atoms with Crippen molar-refractivity contribution in [1.29, 1.82) is 0 Å². The van der Waals surface area contributed by atoms with E-state index < -0.39 is 5.97 Å². The minimum Gasteiger partial charge on any atom is -0.443 e. The summed E-state index contributed by atoms with van der Waals surface area (Å²) in [5.74, 6) is -0.0868. The fourth-order valence-electron chi connectivity index (χ4n) is 3.65. The molecule has 0 bridgehead atoms. The highest BCUT2D eigenvalue weighted by atomic mass is 16.5. The number of ether oxygens (including phenoxy) is 1. The molecule has 0 spiro atoms. The molecule has 1 aliphatic heterocycles. The lowest BCUT2D eigenvalue weighted by Gasteiger charge is -2.19. The zero-order chi connectivity index (χ0) is 20.1. The van der Waals surface area contributed by atoms with Crippen molar-refractivity contribution in [2.45, 2.75) is 46.0 Å². The van der Waals surface area contributed by atoms with E-state index in [1.807, 2.05) is 36.4 Å². The lowest BCUT2D eigenvalue weighted by Crippen LogP contribution is -2.25. The monoisotopic (exact) mass is 378 g/mol. The standard InChI is InChI=1S/C23H26N2O3/c1-4-8-17(5-2)18-11-13-19(14-12-18)25-21-10-7-6-9-20(21)22(23(25)27)24-15-28-16(3)26/h6-7,9-14,17H,4-5,8,15H2,1-3H3. The summed E-state index contributed by atoms with van der Waals surface area (Å²) in [6, 6.07) is 15.8. The van der Waals surface area contributed by atoms with Crippen molar-refractivity contribution in [3.05, 3.63) is 59.7 Å². The Morgan fingerprint density at radius 2 is 1.82 bits per heavy atom. The summed E-state index contributed by atoms with van der Waals surface area (Å²) in [6.45, 7) is 5.57. The maximum Gasteiger partial charge on any atom is 0.304 e. The fourth-order valence-corrected chi connectivity index (χ4v) is 3.65. The van der Waals surface area contributed by atoms with Gasteiger partial charge in [-0.15, -0.1) is 0 Å². The number of carbonyl (C=O) groups is 2. The van der Waals surface area contributed by atoms with Crippen molar-refractivity contribution >= 4 is 29.0 Å². The van der Waals surface area contributed by atoms with Crippen molar-refractivity contribution in [3.8, 4) is 0 Å². The number of carbonyl (C=O) groups excluding carboxylic acids is 2. The summed E-state index contributed by atoms with van der Waals surface area (Å²) in [6.07, 6.45) is 3.42. The molecule has 1 amide bonds. The topological polar surface area (TPSA) is 59.0 Å². The molecule has 0 N–H and O–H groups in total. The third-order valence-corrected chi connectivity index (χ3v) is 5.05. The number of aliphatic imine (C=N–C) groups is 1. The molecule has 1 atom stereocenters. The van der Waals surface area contributed by atoms with Gasteiger partial charge in [0.15, 0.2) is 6.73 Å². The highest BCUT2D eigenvalue weighted by molar-refractivity contribution is 6.55. The summed E-state index contributed by atoms with van der Waals surface area (Å²) < 4.78 is 4.89. The van der Waals surface area contributed by atoms with Gasteiger partial charge < -0.3 is 4.74 Å². The number of anilines is 2. The number of esters is 1. The van der Waals surface area contributed by atoms with Crippen LogP contribution < -0.4 is 4.90 Å². The largest absolute Gasteiger partial charge is 0.443 e. The van der Waals surface area contributed by atoms with Crippen molar-refractivity contribution in [2.75, 3.05) is 11.6 Å². The molecule has 2 aromatic carbocycles. The van der Waals surface area contributed by atoms with Gasteiger partial charge in [0.2, 0.25) is 0 Å². The van der Waals surface area contributed by atoms with E-state index in [2.05, 4.69) is 31.0 Å². The summed E-state index contributed by atoms with van der Waals surface area (Å²) >= 11 is 0. The first kappa shape index (κ1) is 19.8. The second-order valence-electron chi connectivity index (χ2n) is 6.91. The van der Waals surface area contributed by atoms with Crippen LogP contribution in [0.2, 0.25) is 0 Å². The van der Waals surface area contributed by atoms with Gasteiger partial charge >= 0.3 is 5.97 Å². The molecular weight excluding hydrogens is 352 g/mol. The van der Waals surface area contributed by atoms with E-state index in [0.717, 1.165) is 36.2 Å². The third-order valence-electron chi connectivity index (χ3n) is 5.05. The van der Waals surface area contributed by atoms with Crippen LogP contribution in [-0.2, 0) is 14.3 Å². The van der Waals surface area contributed by atoms with Crippen molar-refractivity contribution < 1.29 is 14.3 Å². The molecule has 3 rings (SSSR count). The molecule has 2 aromatic rings. The molecule has 5 nitrogen and oxygen atoms in total. The molecule has 1 heterocycles. The van der Waals surface area contributed by atoms with Crippen molar-refractivity contribution in [2.24, 2.45) is 4.99 Å². The molecular formula is C23H26N2O3. The quantitative estimate of drug-likeness (QED) is 0.639. The van der Waals surface area contributed by atoms with Crippen LogP contribution in [0, 0.1) is 0 Å². The lowest BCUT2D eigenvalue weighted by atomic mass is 9.92. The smallest absolute Gasteiger partial charge is 0.304 e. The fraction of sp³-hybridized carbons (Fsp3) is 0.348. The lowest BCUT2D eigenvalue weighted by molar-refractivity contribution is -0.140. The zero-order valence-electron chi connectivity index (χ0n) is 16.6. The number of para-hydroxylation sites is 1. The number of nitrogens with zero attached hydrogens (tertiary/aromatic N) is 2. The van der Waals surface area contributed by atoms with E-state index in [1.165, 1.54) is 12.5 Å². The van der Waals surface area contributed by atoms with Gasteiger partial charge in [0.25, 0.3) is 5.91 Å². The SMILES string of the molecule is CCCC(CC)c1ccc(N2C(=O)C(=NCOC(C)=O)c3ccccc32)cc1. The minimum absolute atomic E-state index is 0.160. The van der Waals surface area contributed by atoms with E-state index >= 15 is 0 Å². The van der Waals surface area contributed by atoms with Gasteiger partial charge in [-0.05, 0) is 42.5 Å². The van der Waals surface area contributed by atoms with E-state index in [4.69, 9.17) is 4.74 Å². The number of fused-ring (bicyclic) bond motifs is 1. The van der Waals surface area contributed by atoms with Gasteiger partial charge in [-0.25, -0.2) is 4.99 Å². The molecule has 28 heavy (non-hydrogen) atoms. The first-order valence-corrected chi connectivity index (χ1v) is 9.78. The third kappa shape index (κ3) is 3.98. The van der Waals surface area contributed by atoms with E-state index in [0.29, 0.717) is 11.6 Å². The van der Waals surface area contributed by atoms with Crippen LogP contribution in [-0.4, -0.2) is 24.3 Å². The molecule has 0 saturated heterocycles. The van der Waals surface area contributed by atoms with Crippen LogP contribution in [0.3, 0.4) is 0 Å². The first-order valence-electron chi connectivity index (χ1n) is 9.78. The van der Waals surface area contributed by atoms with Crippen molar-refractivity contribution in [3.63, 3.8) is 0 Å². The Labute approximate surface area is 166 Å². The van der Waals surface area contributed by atoms with Crippen LogP contribution in [0.15, 0.2) is 53.5 Å². The predicted octanol–water partition coefficient (Wildman–Crippen LogP) is 4.97. The second-order valence-corrected chi connectivity index (χ2v) is 6.91. The number of hydrogen-bond donors (Lipinski definition) is 0. The van der Waals surface area contributed by atoms with Gasteiger partial charge in [0.1, 0.15) is 5.71 Å². The highest BCUT2D eigenvalue weighted by Crippen LogP contribution is 2.36. The predicted molar refractivity (Wildman–Crippen MR) is 111 cm³/mol. The van der Waals surface area contributed by atoms with Gasteiger partial charge in [-0.2, -0.15) is 0 Å². The van der Waals surface area contributed by atoms with Crippen LogP contribution >= 0.6 is 0 Å². The van der Waals surface area contributed by atoms with E-state index in [1.54, 1.807) is 4.90 Å². The van der Waals surface area contributed by atoms with Crippen LogP contribution in [0.25, 0.3) is 0 Å². The zero-order valence-corrected chi connectivity index (χ0v) is 16.6. The molecule has 0 saturated carbocycles. The molecule has 0 aromatic heterocycles. The van der Waals surface area contributed by atoms with Crippen molar-refractivity contribution in [1.82, 2.24) is 0 Å². The number of benzene rings is 2. The Morgan fingerprint density at radius 1 is 1.11 bits per heavy atom. The molecule has 1 aliphatic rings. The molecule has 0 fully saturated rings. The molecule has 0 radical (unpaired) electrons. The molecule has 146 valence electrons. The number of rotatable bonds is 7. The Morgan fingerprint density at radius 3 is 2.46 bits per heavy atom. The van der Waals surface area contributed by atoms with E-state index in [9.17, 15) is 9.59 Å². The first-order chi connectivity index (χ1) is 13.6. The van der Waals surface area contributed by atoms with Crippen LogP contribution in [0.4, 0.5) is 11.4 Å². The van der Waals surface area contributed by atoms with Gasteiger partial charge in [0.05, 0.1) is 5.69 Å². The Bertz CT molecular complexity index is 887. The Balaban J connectivity index is 1.92. The number of amides is 1. The average molecular weight is 378 g/mol. The van der Waals surface area contributed by atoms with Gasteiger partial charge in [-0.3, -0.25) is 14.5 Å². The minimum atomic E-state index is -0.423. The summed E-state index contributed by atoms with van der Waals surface area (Å²) in [4.78, 5) is 30.0. The molecule has 1 unspecified atom stereocenters. The molecule has 0 aliphatic carbocycles. The average Bonchev–Trinajstić information content (AvgIpc) is 2.98. The second kappa shape index (κ2) is 8.83. The number of hydrogen-bond acceptors (Lipinski definition) is 4. The summed E-state index contributed by atoms with van der Waals surface area (Å²) in [5, 5.41) is 0. The summed E-state index contributed by atoms with van der Waals surface area (Å²) in [5.41, 5.74) is 3.98. The van der Waals surface area contributed by atoms with Crippen LogP contribution in [0.1, 0.15) is 57.1 Å².